The van der Waals surface area contributed by atoms with Crippen molar-refractivity contribution in [3.63, 3.8) is 0 Å². The number of amides is 1. The van der Waals surface area contributed by atoms with E-state index in [4.69, 9.17) is 4.98 Å². The van der Waals surface area contributed by atoms with E-state index in [-0.39, 0.29) is 23.4 Å². The fourth-order valence-electron chi connectivity index (χ4n) is 4.57. The molecule has 0 aliphatic rings. The molecule has 0 spiro atoms. The summed E-state index contributed by atoms with van der Waals surface area (Å²) in [6.45, 7) is 6.66. The fraction of sp³-hybridized carbons (Fsp3) is 0.276. The number of carbonyl (C=O) groups excluding carboxylic acids is 1. The van der Waals surface area contributed by atoms with E-state index in [1.165, 1.54) is 0 Å². The summed E-state index contributed by atoms with van der Waals surface area (Å²) in [5.74, 6) is 0.386. The summed E-state index contributed by atoms with van der Waals surface area (Å²) >= 11 is 0. The number of hydrogen-bond acceptors (Lipinski definition) is 3. The lowest BCUT2D eigenvalue weighted by Gasteiger charge is -2.33. The van der Waals surface area contributed by atoms with Gasteiger partial charge in [0.15, 0.2) is 0 Å². The summed E-state index contributed by atoms with van der Waals surface area (Å²) in [5, 5.41) is 0.561. The number of hydrogen-bond donors (Lipinski definition) is 0. The van der Waals surface area contributed by atoms with Crippen LogP contribution in [0.1, 0.15) is 57.0 Å². The van der Waals surface area contributed by atoms with Crippen LogP contribution in [0.5, 0.6) is 0 Å². The predicted octanol–water partition coefficient (Wildman–Crippen LogP) is 5.88. The minimum atomic E-state index is -0.386. The van der Waals surface area contributed by atoms with Gasteiger partial charge in [-0.15, -0.1) is 0 Å². The molecule has 0 saturated carbocycles. The molecule has 2 unspecified atom stereocenters. The van der Waals surface area contributed by atoms with E-state index in [9.17, 15) is 9.59 Å². The molecule has 4 aromatic rings. The van der Waals surface area contributed by atoms with Crippen LogP contribution in [-0.2, 0) is 4.79 Å². The quantitative estimate of drug-likeness (QED) is 0.335. The largest absolute Gasteiger partial charge is 0.332 e. The van der Waals surface area contributed by atoms with Crippen molar-refractivity contribution in [2.24, 2.45) is 0 Å². The second kappa shape index (κ2) is 10.5. The molecule has 1 heterocycles. The van der Waals surface area contributed by atoms with Gasteiger partial charge >= 0.3 is 0 Å². The van der Waals surface area contributed by atoms with Crippen molar-refractivity contribution in [2.75, 3.05) is 6.54 Å². The zero-order valence-electron chi connectivity index (χ0n) is 20.0. The third kappa shape index (κ3) is 4.51. The van der Waals surface area contributed by atoms with Gasteiger partial charge in [0.2, 0.25) is 5.91 Å². The molecule has 0 aliphatic carbocycles. The van der Waals surface area contributed by atoms with Crippen molar-refractivity contribution in [3.05, 3.63) is 107 Å². The van der Waals surface area contributed by atoms with E-state index in [0.717, 1.165) is 17.7 Å². The standard InChI is InChI=1S/C29H31N3O2/c1-4-20-31(28(33)24(5-2)22-14-8-6-9-15-22)21(3)27-30-26-19-13-12-18-25(26)29(34)32(27)23-16-10-7-11-17-23/h6-19,21,24H,4-5,20H2,1-3H3. The molecule has 174 valence electrons. The molecule has 4 rings (SSSR count). The molecule has 0 saturated heterocycles. The molecule has 0 radical (unpaired) electrons. The van der Waals surface area contributed by atoms with E-state index in [2.05, 4.69) is 6.92 Å². The number of aromatic nitrogens is 2. The SMILES string of the molecule is CCCN(C(=O)C(CC)c1ccccc1)C(C)c1nc2ccccc2c(=O)n1-c1ccccc1. The average Bonchev–Trinajstić information content (AvgIpc) is 2.88. The lowest BCUT2D eigenvalue weighted by molar-refractivity contribution is -0.135. The van der Waals surface area contributed by atoms with Crippen molar-refractivity contribution in [2.45, 2.75) is 45.6 Å². The van der Waals surface area contributed by atoms with Crippen LogP contribution >= 0.6 is 0 Å². The Balaban J connectivity index is 1.86. The monoisotopic (exact) mass is 453 g/mol. The van der Waals surface area contributed by atoms with Crippen molar-refractivity contribution in [1.82, 2.24) is 14.5 Å². The van der Waals surface area contributed by atoms with Crippen LogP contribution < -0.4 is 5.56 Å². The van der Waals surface area contributed by atoms with E-state index >= 15 is 0 Å². The Kier molecular flexibility index (Phi) is 7.21. The Morgan fingerprint density at radius 3 is 2.18 bits per heavy atom. The summed E-state index contributed by atoms with van der Waals surface area (Å²) in [5.41, 5.74) is 2.26. The molecular formula is C29H31N3O2. The second-order valence-electron chi connectivity index (χ2n) is 8.54. The maximum absolute atomic E-state index is 13.9. The highest BCUT2D eigenvalue weighted by atomic mass is 16.2. The number of benzene rings is 3. The highest BCUT2D eigenvalue weighted by Gasteiger charge is 2.31. The normalized spacial score (nSPS) is 12.9. The van der Waals surface area contributed by atoms with Crippen molar-refractivity contribution in [3.8, 4) is 5.69 Å². The van der Waals surface area contributed by atoms with Gasteiger partial charge in [-0.2, -0.15) is 0 Å². The minimum absolute atomic E-state index is 0.0602. The number of carbonyl (C=O) groups is 1. The molecule has 5 nitrogen and oxygen atoms in total. The van der Waals surface area contributed by atoms with Crippen LogP contribution in [0.2, 0.25) is 0 Å². The van der Waals surface area contributed by atoms with Gasteiger partial charge in [0.25, 0.3) is 5.56 Å². The van der Waals surface area contributed by atoms with E-state index < -0.39 is 0 Å². The first-order chi connectivity index (χ1) is 16.6. The van der Waals surface area contributed by atoms with Crippen LogP contribution in [0.3, 0.4) is 0 Å². The summed E-state index contributed by atoms with van der Waals surface area (Å²) < 4.78 is 1.66. The van der Waals surface area contributed by atoms with E-state index in [1.807, 2.05) is 97.6 Å². The lowest BCUT2D eigenvalue weighted by atomic mass is 9.94. The zero-order chi connectivity index (χ0) is 24.1. The first kappa shape index (κ1) is 23.4. The van der Waals surface area contributed by atoms with Crippen LogP contribution in [0.25, 0.3) is 16.6 Å². The average molecular weight is 454 g/mol. The second-order valence-corrected chi connectivity index (χ2v) is 8.54. The Morgan fingerprint density at radius 1 is 0.912 bits per heavy atom. The Morgan fingerprint density at radius 2 is 1.53 bits per heavy atom. The topological polar surface area (TPSA) is 55.2 Å². The van der Waals surface area contributed by atoms with Crippen LogP contribution in [0.4, 0.5) is 0 Å². The summed E-state index contributed by atoms with van der Waals surface area (Å²) in [7, 11) is 0. The van der Waals surface area contributed by atoms with E-state index in [0.29, 0.717) is 29.7 Å². The van der Waals surface area contributed by atoms with Gasteiger partial charge in [0.05, 0.1) is 28.6 Å². The number of para-hydroxylation sites is 2. The van der Waals surface area contributed by atoms with Crippen LogP contribution in [0, 0.1) is 0 Å². The summed E-state index contributed by atoms with van der Waals surface area (Å²) in [4.78, 5) is 34.3. The molecule has 34 heavy (non-hydrogen) atoms. The molecule has 0 bridgehead atoms. The van der Waals surface area contributed by atoms with Gasteiger partial charge in [-0.1, -0.05) is 74.5 Å². The molecule has 1 amide bonds. The Hall–Kier alpha value is -3.73. The Labute approximate surface area is 200 Å². The van der Waals surface area contributed by atoms with Crippen molar-refractivity contribution in [1.29, 1.82) is 0 Å². The molecule has 1 aromatic heterocycles. The molecular weight excluding hydrogens is 422 g/mol. The van der Waals surface area contributed by atoms with Gasteiger partial charge in [0.1, 0.15) is 5.82 Å². The first-order valence-electron chi connectivity index (χ1n) is 12.0. The number of fused-ring (bicyclic) bond motifs is 1. The minimum Gasteiger partial charge on any atom is -0.332 e. The first-order valence-corrected chi connectivity index (χ1v) is 12.0. The third-order valence-electron chi connectivity index (χ3n) is 6.31. The molecule has 0 aliphatic heterocycles. The third-order valence-corrected chi connectivity index (χ3v) is 6.31. The summed E-state index contributed by atoms with van der Waals surface area (Å²) in [6.07, 6.45) is 1.51. The van der Waals surface area contributed by atoms with Gasteiger partial charge < -0.3 is 4.90 Å². The molecule has 5 heteroatoms. The van der Waals surface area contributed by atoms with Gasteiger partial charge in [-0.25, -0.2) is 4.98 Å². The lowest BCUT2D eigenvalue weighted by Crippen LogP contribution is -2.40. The van der Waals surface area contributed by atoms with Crippen LogP contribution in [0.15, 0.2) is 89.7 Å². The smallest absolute Gasteiger partial charge is 0.266 e. The summed E-state index contributed by atoms with van der Waals surface area (Å²) in [6, 6.07) is 26.5. The highest BCUT2D eigenvalue weighted by Crippen LogP contribution is 2.29. The number of rotatable bonds is 8. The van der Waals surface area contributed by atoms with Gasteiger partial charge in [0, 0.05) is 6.54 Å². The van der Waals surface area contributed by atoms with Gasteiger partial charge in [-0.3, -0.25) is 14.2 Å². The maximum Gasteiger partial charge on any atom is 0.266 e. The molecule has 0 N–H and O–H groups in total. The molecule has 3 aromatic carbocycles. The Bertz CT molecular complexity index is 1320. The number of nitrogens with zero attached hydrogens (tertiary/aromatic N) is 3. The zero-order valence-corrected chi connectivity index (χ0v) is 20.0. The fourth-order valence-corrected chi connectivity index (χ4v) is 4.57. The van der Waals surface area contributed by atoms with Crippen LogP contribution in [-0.4, -0.2) is 26.9 Å². The highest BCUT2D eigenvalue weighted by molar-refractivity contribution is 5.84. The molecule has 2 atom stereocenters. The van der Waals surface area contributed by atoms with Gasteiger partial charge in [-0.05, 0) is 49.6 Å². The molecule has 0 fully saturated rings. The van der Waals surface area contributed by atoms with Crippen molar-refractivity contribution < 1.29 is 4.79 Å². The van der Waals surface area contributed by atoms with E-state index in [1.54, 1.807) is 10.6 Å². The maximum atomic E-state index is 13.9. The predicted molar refractivity (Wildman–Crippen MR) is 137 cm³/mol. The van der Waals surface area contributed by atoms with Crippen molar-refractivity contribution >= 4 is 16.8 Å².